The summed E-state index contributed by atoms with van der Waals surface area (Å²) in [5.41, 5.74) is 0.542. The summed E-state index contributed by atoms with van der Waals surface area (Å²) in [6.07, 6.45) is 2.20. The number of hydrogen-bond donors (Lipinski definition) is 1. The van der Waals surface area contributed by atoms with Crippen molar-refractivity contribution in [2.75, 3.05) is 13.2 Å². The number of rotatable bonds is 6. The van der Waals surface area contributed by atoms with Crippen LogP contribution in [0.4, 0.5) is 5.69 Å². The van der Waals surface area contributed by atoms with Crippen molar-refractivity contribution in [3.63, 3.8) is 0 Å². The van der Waals surface area contributed by atoms with Gasteiger partial charge >= 0.3 is 5.97 Å². The third-order valence-corrected chi connectivity index (χ3v) is 3.17. The van der Waals surface area contributed by atoms with Crippen molar-refractivity contribution in [1.82, 2.24) is 4.98 Å². The Morgan fingerprint density at radius 1 is 1.13 bits per heavy atom. The van der Waals surface area contributed by atoms with Crippen molar-refractivity contribution in [3.05, 3.63) is 40.8 Å². The first kappa shape index (κ1) is 16.7. The molecule has 0 radical (unpaired) electrons. The number of ether oxygens (including phenoxy) is 2. The zero-order chi connectivity index (χ0) is 16.7. The van der Waals surface area contributed by atoms with Crippen molar-refractivity contribution in [3.8, 4) is 0 Å². The van der Waals surface area contributed by atoms with Crippen LogP contribution in [0.2, 0.25) is 0 Å². The number of aliphatic imine (C=N–C) groups is 1. The van der Waals surface area contributed by atoms with Gasteiger partial charge in [0.15, 0.2) is 5.90 Å². The van der Waals surface area contributed by atoms with E-state index in [0.717, 1.165) is 5.39 Å². The maximum atomic E-state index is 11.7. The second kappa shape index (κ2) is 8.12. The van der Waals surface area contributed by atoms with E-state index in [9.17, 15) is 9.59 Å². The Labute approximate surface area is 134 Å². The van der Waals surface area contributed by atoms with Crippen LogP contribution < -0.4 is 5.56 Å². The van der Waals surface area contributed by atoms with Gasteiger partial charge in [-0.15, -0.1) is 0 Å². The van der Waals surface area contributed by atoms with Gasteiger partial charge in [-0.1, -0.05) is 0 Å². The highest BCUT2D eigenvalue weighted by molar-refractivity contribution is 5.87. The standard InChI is InChI=1S/C17H20N2O4/c1-3-22-15(7-8-16(20)23-4-2)19-13-5-6-14-12(11-13)9-10-18-17(14)21/h5-6,9-11H,3-4,7-8H2,1-2H3,(H,18,21). The molecule has 1 N–H and O–H groups in total. The first-order chi connectivity index (χ1) is 11.1. The Bertz CT molecular complexity index is 765. The molecule has 6 heteroatoms. The molecule has 2 aromatic rings. The maximum absolute atomic E-state index is 11.7. The quantitative estimate of drug-likeness (QED) is 0.505. The molecule has 0 aliphatic carbocycles. The van der Waals surface area contributed by atoms with E-state index in [2.05, 4.69) is 9.98 Å². The van der Waals surface area contributed by atoms with E-state index in [4.69, 9.17) is 9.47 Å². The molecular formula is C17H20N2O4. The summed E-state index contributed by atoms with van der Waals surface area (Å²) in [7, 11) is 0. The number of H-pyrrole nitrogens is 1. The highest BCUT2D eigenvalue weighted by atomic mass is 16.5. The second-order valence-electron chi connectivity index (χ2n) is 4.82. The van der Waals surface area contributed by atoms with Crippen molar-refractivity contribution in [1.29, 1.82) is 0 Å². The summed E-state index contributed by atoms with van der Waals surface area (Å²) in [4.78, 5) is 30.2. The zero-order valence-electron chi connectivity index (χ0n) is 13.3. The molecule has 0 unspecified atom stereocenters. The number of aromatic amines is 1. The number of carbonyl (C=O) groups excluding carboxylic acids is 1. The van der Waals surface area contributed by atoms with Crippen LogP contribution in [-0.4, -0.2) is 30.1 Å². The molecule has 0 saturated heterocycles. The fourth-order valence-corrected chi connectivity index (χ4v) is 2.16. The predicted molar refractivity (Wildman–Crippen MR) is 89.2 cm³/mol. The van der Waals surface area contributed by atoms with E-state index in [1.807, 2.05) is 19.1 Å². The predicted octanol–water partition coefficient (Wildman–Crippen LogP) is 2.94. The van der Waals surface area contributed by atoms with E-state index >= 15 is 0 Å². The van der Waals surface area contributed by atoms with Crippen LogP contribution in [0.5, 0.6) is 0 Å². The third-order valence-electron chi connectivity index (χ3n) is 3.17. The minimum Gasteiger partial charge on any atom is -0.481 e. The van der Waals surface area contributed by atoms with Crippen molar-refractivity contribution in [2.45, 2.75) is 26.7 Å². The molecule has 1 aromatic heterocycles. The number of nitrogens with zero attached hydrogens (tertiary/aromatic N) is 1. The highest BCUT2D eigenvalue weighted by Crippen LogP contribution is 2.19. The van der Waals surface area contributed by atoms with Crippen LogP contribution in [0.3, 0.4) is 0 Å². The number of carbonyl (C=O) groups is 1. The Morgan fingerprint density at radius 3 is 2.65 bits per heavy atom. The van der Waals surface area contributed by atoms with Gasteiger partial charge in [0.05, 0.1) is 25.3 Å². The Hall–Kier alpha value is -2.63. The average Bonchev–Trinajstić information content (AvgIpc) is 2.53. The molecule has 0 aliphatic heterocycles. The van der Waals surface area contributed by atoms with Crippen LogP contribution in [0.1, 0.15) is 26.7 Å². The van der Waals surface area contributed by atoms with Gasteiger partial charge in [0, 0.05) is 18.0 Å². The first-order valence-corrected chi connectivity index (χ1v) is 7.61. The Morgan fingerprint density at radius 2 is 1.91 bits per heavy atom. The molecule has 0 amide bonds. The van der Waals surface area contributed by atoms with Crippen LogP contribution in [0.25, 0.3) is 10.8 Å². The summed E-state index contributed by atoms with van der Waals surface area (Å²) in [6.45, 7) is 4.46. The molecule has 2 rings (SSSR count). The van der Waals surface area contributed by atoms with Gasteiger partial charge in [-0.3, -0.25) is 9.59 Å². The van der Waals surface area contributed by atoms with Gasteiger partial charge < -0.3 is 14.5 Å². The third kappa shape index (κ3) is 4.67. The lowest BCUT2D eigenvalue weighted by atomic mass is 10.1. The van der Waals surface area contributed by atoms with Crippen LogP contribution in [0, 0.1) is 0 Å². The molecule has 0 spiro atoms. The summed E-state index contributed by atoms with van der Waals surface area (Å²) in [5.74, 6) is 0.203. The van der Waals surface area contributed by atoms with Gasteiger partial charge in [-0.2, -0.15) is 0 Å². The number of fused-ring (bicyclic) bond motifs is 1. The minimum absolute atomic E-state index is 0.134. The van der Waals surface area contributed by atoms with Gasteiger partial charge in [0.1, 0.15) is 0 Å². The van der Waals surface area contributed by atoms with Gasteiger partial charge in [-0.05, 0) is 43.5 Å². The first-order valence-electron chi connectivity index (χ1n) is 7.61. The van der Waals surface area contributed by atoms with Crippen LogP contribution in [-0.2, 0) is 14.3 Å². The van der Waals surface area contributed by atoms with Crippen molar-refractivity contribution >= 4 is 28.3 Å². The number of pyridine rings is 1. The molecule has 0 fully saturated rings. The topological polar surface area (TPSA) is 80.8 Å². The van der Waals surface area contributed by atoms with E-state index < -0.39 is 0 Å². The number of hydrogen-bond acceptors (Lipinski definition) is 5. The van der Waals surface area contributed by atoms with Crippen molar-refractivity contribution < 1.29 is 14.3 Å². The molecule has 1 aromatic carbocycles. The smallest absolute Gasteiger partial charge is 0.306 e. The molecule has 122 valence electrons. The fourth-order valence-electron chi connectivity index (χ4n) is 2.16. The van der Waals surface area contributed by atoms with E-state index in [0.29, 0.717) is 36.6 Å². The lowest BCUT2D eigenvalue weighted by molar-refractivity contribution is -0.142. The molecule has 1 heterocycles. The lowest BCUT2D eigenvalue weighted by Crippen LogP contribution is -2.10. The van der Waals surface area contributed by atoms with Crippen molar-refractivity contribution in [2.24, 2.45) is 4.99 Å². The van der Waals surface area contributed by atoms with E-state index in [1.165, 1.54) is 0 Å². The maximum Gasteiger partial charge on any atom is 0.306 e. The molecule has 0 bridgehead atoms. The van der Waals surface area contributed by atoms with Crippen LogP contribution >= 0.6 is 0 Å². The highest BCUT2D eigenvalue weighted by Gasteiger charge is 2.08. The average molecular weight is 316 g/mol. The van der Waals surface area contributed by atoms with Gasteiger partial charge in [-0.25, -0.2) is 4.99 Å². The van der Waals surface area contributed by atoms with E-state index in [1.54, 1.807) is 25.3 Å². The molecule has 6 nitrogen and oxygen atoms in total. The Balaban J connectivity index is 2.21. The Kier molecular flexibility index (Phi) is 5.91. The van der Waals surface area contributed by atoms with Gasteiger partial charge in [0.2, 0.25) is 0 Å². The molecule has 0 saturated carbocycles. The lowest BCUT2D eigenvalue weighted by Gasteiger charge is -2.08. The number of aromatic nitrogens is 1. The molecule has 0 aliphatic rings. The van der Waals surface area contributed by atoms with Gasteiger partial charge in [0.25, 0.3) is 5.56 Å². The summed E-state index contributed by atoms with van der Waals surface area (Å²) >= 11 is 0. The zero-order valence-corrected chi connectivity index (χ0v) is 13.3. The van der Waals surface area contributed by atoms with Crippen LogP contribution in [0.15, 0.2) is 40.2 Å². The minimum atomic E-state index is -0.273. The summed E-state index contributed by atoms with van der Waals surface area (Å²) < 4.78 is 10.4. The number of benzene rings is 1. The summed E-state index contributed by atoms with van der Waals surface area (Å²) in [5, 5.41) is 1.41. The molecular weight excluding hydrogens is 296 g/mol. The molecule has 0 atom stereocenters. The SMILES string of the molecule is CCOC(=O)CCC(=Nc1ccc2c(=O)[nH]ccc2c1)OCC. The largest absolute Gasteiger partial charge is 0.481 e. The summed E-state index contributed by atoms with van der Waals surface area (Å²) in [6, 6.07) is 7.10. The van der Waals surface area contributed by atoms with E-state index in [-0.39, 0.29) is 17.9 Å². The number of esters is 1. The normalized spacial score (nSPS) is 11.5. The number of nitrogens with one attached hydrogen (secondary N) is 1. The monoisotopic (exact) mass is 316 g/mol. The molecule has 23 heavy (non-hydrogen) atoms. The fraction of sp³-hybridized carbons (Fsp3) is 0.353. The second-order valence-corrected chi connectivity index (χ2v) is 4.82.